The van der Waals surface area contributed by atoms with Gasteiger partial charge in [0.25, 0.3) is 11.4 Å². The molecule has 2 aromatic rings. The summed E-state index contributed by atoms with van der Waals surface area (Å²) in [5, 5.41) is 9.50. The summed E-state index contributed by atoms with van der Waals surface area (Å²) >= 11 is 0. The van der Waals surface area contributed by atoms with E-state index in [1.54, 1.807) is 6.07 Å². The summed E-state index contributed by atoms with van der Waals surface area (Å²) in [6.07, 6.45) is -2.83. The van der Waals surface area contributed by atoms with Crippen molar-refractivity contribution in [2.75, 3.05) is 6.61 Å². The molecule has 0 radical (unpaired) electrons. The first-order valence-corrected chi connectivity index (χ1v) is 8.36. The predicted octanol–water partition coefficient (Wildman–Crippen LogP) is 0.998. The van der Waals surface area contributed by atoms with Gasteiger partial charge in [-0.25, -0.2) is 18.4 Å². The van der Waals surface area contributed by atoms with E-state index in [1.807, 2.05) is 4.98 Å². The van der Waals surface area contributed by atoms with E-state index in [1.165, 1.54) is 24.3 Å². The first-order chi connectivity index (χ1) is 13.7. The molecule has 29 heavy (non-hydrogen) atoms. The number of halogens is 2. The number of hydrogen-bond donors (Lipinski definition) is 2. The number of nitrogens with one attached hydrogen (secondary N) is 1. The number of aliphatic hydroxyl groups is 1. The van der Waals surface area contributed by atoms with Crippen molar-refractivity contribution >= 4 is 5.97 Å². The molecule has 4 atom stereocenters. The monoisotopic (exact) mass is 406 g/mol. The van der Waals surface area contributed by atoms with Crippen molar-refractivity contribution in [3.05, 3.63) is 87.4 Å². The number of alkyl halides is 2. The fourth-order valence-electron chi connectivity index (χ4n) is 3.03. The molecule has 8 nitrogen and oxygen atoms in total. The van der Waals surface area contributed by atoms with Crippen LogP contribution in [0.1, 0.15) is 16.6 Å². The van der Waals surface area contributed by atoms with Gasteiger partial charge in [0.2, 0.25) is 11.8 Å². The van der Waals surface area contributed by atoms with Crippen molar-refractivity contribution < 1.29 is 28.2 Å². The van der Waals surface area contributed by atoms with Gasteiger partial charge in [-0.2, -0.15) is 0 Å². The third kappa shape index (κ3) is 3.56. The summed E-state index contributed by atoms with van der Waals surface area (Å²) in [4.78, 5) is 37.6. The van der Waals surface area contributed by atoms with Crippen LogP contribution in [0.3, 0.4) is 0 Å². The average molecular weight is 406 g/mol. The smallest absolute Gasteiger partial charge is 0.338 e. The molecule has 1 aromatic carbocycles. The number of carbonyl (C=O) groups is 1. The highest BCUT2D eigenvalue weighted by molar-refractivity contribution is 5.89. The summed E-state index contributed by atoms with van der Waals surface area (Å²) < 4.78 is 41.9. The molecule has 0 aliphatic carbocycles. The Morgan fingerprint density at radius 3 is 2.62 bits per heavy atom. The lowest BCUT2D eigenvalue weighted by Crippen LogP contribution is -2.50. The number of aromatic amines is 1. The molecule has 1 saturated heterocycles. The zero-order valence-electron chi connectivity index (χ0n) is 14.9. The van der Waals surface area contributed by atoms with E-state index in [0.29, 0.717) is 10.6 Å². The number of carbonyl (C=O) groups excluding carboxylic acids is 1. The second-order valence-electron chi connectivity index (χ2n) is 6.26. The van der Waals surface area contributed by atoms with Crippen LogP contribution in [0, 0.1) is 0 Å². The van der Waals surface area contributed by atoms with Crippen LogP contribution in [0.5, 0.6) is 0 Å². The van der Waals surface area contributed by atoms with E-state index < -0.39 is 47.7 Å². The van der Waals surface area contributed by atoms with E-state index in [2.05, 4.69) is 12.3 Å². The molecule has 3 rings (SSSR count). The molecule has 0 spiro atoms. The van der Waals surface area contributed by atoms with Crippen LogP contribution in [-0.2, 0) is 9.47 Å². The second kappa shape index (κ2) is 7.59. The average Bonchev–Trinajstić information content (AvgIpc) is 2.91. The van der Waals surface area contributed by atoms with Gasteiger partial charge in [-0.05, 0) is 12.1 Å². The van der Waals surface area contributed by atoms with Crippen LogP contribution in [0.15, 0.2) is 70.6 Å². The van der Waals surface area contributed by atoms with E-state index in [9.17, 15) is 19.5 Å². The third-order valence-corrected chi connectivity index (χ3v) is 4.36. The van der Waals surface area contributed by atoms with Gasteiger partial charge in [0.15, 0.2) is 6.23 Å². The van der Waals surface area contributed by atoms with Crippen molar-refractivity contribution in [2.24, 2.45) is 0 Å². The van der Waals surface area contributed by atoms with E-state index in [4.69, 9.17) is 9.47 Å². The Kier molecular flexibility index (Phi) is 5.34. The zero-order valence-corrected chi connectivity index (χ0v) is 14.9. The minimum atomic E-state index is -3.20. The first-order valence-electron chi connectivity index (χ1n) is 8.36. The lowest BCUT2D eigenvalue weighted by atomic mass is 9.94. The van der Waals surface area contributed by atoms with E-state index in [-0.39, 0.29) is 5.56 Å². The van der Waals surface area contributed by atoms with Crippen molar-refractivity contribution in [1.82, 2.24) is 9.55 Å². The van der Waals surface area contributed by atoms with Crippen LogP contribution in [0.2, 0.25) is 0 Å². The molecule has 1 fully saturated rings. The van der Waals surface area contributed by atoms with Crippen LogP contribution in [0.4, 0.5) is 8.78 Å². The molecule has 0 saturated carbocycles. The molecule has 1 aromatic heterocycles. The number of aliphatic hydroxyl groups excluding tert-OH is 1. The summed E-state index contributed by atoms with van der Waals surface area (Å²) in [6, 6.07) is 8.29. The lowest BCUT2D eigenvalue weighted by molar-refractivity contribution is -0.207. The summed E-state index contributed by atoms with van der Waals surface area (Å²) in [7, 11) is 0. The summed E-state index contributed by atoms with van der Waals surface area (Å²) in [6.45, 7) is 1.85. The van der Waals surface area contributed by atoms with Crippen LogP contribution >= 0.6 is 0 Å². The molecule has 0 unspecified atom stereocenters. The maximum atomic E-state index is 16.0. The van der Waals surface area contributed by atoms with Gasteiger partial charge in [0, 0.05) is 18.3 Å². The Balaban J connectivity index is 2.09. The maximum Gasteiger partial charge on any atom is 0.338 e. The van der Waals surface area contributed by atoms with Gasteiger partial charge >= 0.3 is 11.7 Å². The lowest BCUT2D eigenvalue weighted by Gasteiger charge is -2.29. The van der Waals surface area contributed by atoms with Gasteiger partial charge < -0.3 is 14.6 Å². The molecule has 1 aliphatic heterocycles. The molecule has 2 heterocycles. The standard InChI is InChI=1S/C19H16F2N2O6/c1-2-9-18(20)15(28-14(26)12-6-4-3-5-7-12)19(21,11-24)29-16(18)23-10-8-13(25)22-17(23)27/h3-10,15-16,24H,1,11H2,(H,22,25,27)/t15-,16+,18+,19+/m0/s1. The number of benzene rings is 1. The van der Waals surface area contributed by atoms with Crippen LogP contribution < -0.4 is 11.2 Å². The molecule has 10 heteroatoms. The fraction of sp³-hybridized carbons (Fsp3) is 0.263. The molecule has 0 bridgehead atoms. The SMILES string of the molecule is C=C=C[C@]1(F)[C@H](n2ccc(=O)[nH]c2=O)O[C@](F)(CO)[C@H]1OC(=O)c1ccccc1. The number of esters is 1. The van der Waals surface area contributed by atoms with E-state index in [0.717, 1.165) is 12.3 Å². The Bertz CT molecular complexity index is 1080. The zero-order chi connectivity index (χ0) is 21.2. The maximum absolute atomic E-state index is 16.0. The molecular weight excluding hydrogens is 390 g/mol. The van der Waals surface area contributed by atoms with Gasteiger partial charge in [-0.15, -0.1) is 5.73 Å². The Hall–Kier alpha value is -3.33. The van der Waals surface area contributed by atoms with Crippen molar-refractivity contribution in [3.63, 3.8) is 0 Å². The van der Waals surface area contributed by atoms with Gasteiger partial charge in [0.05, 0.1) is 5.56 Å². The highest BCUT2D eigenvalue weighted by Crippen LogP contribution is 2.49. The summed E-state index contributed by atoms with van der Waals surface area (Å²) in [5.41, 5.74) is -2.73. The summed E-state index contributed by atoms with van der Waals surface area (Å²) in [5.74, 6) is -4.28. The number of nitrogens with zero attached hydrogens (tertiary/aromatic N) is 1. The molecule has 152 valence electrons. The number of hydrogen-bond acceptors (Lipinski definition) is 6. The molecule has 2 N–H and O–H groups in total. The molecule has 0 amide bonds. The first kappa shape index (κ1) is 20.4. The van der Waals surface area contributed by atoms with Crippen LogP contribution in [-0.4, -0.2) is 44.9 Å². The Labute approximate surface area is 162 Å². The van der Waals surface area contributed by atoms with Crippen molar-refractivity contribution in [1.29, 1.82) is 0 Å². The third-order valence-electron chi connectivity index (χ3n) is 4.36. The number of H-pyrrole nitrogens is 1. The topological polar surface area (TPSA) is 111 Å². The number of aromatic nitrogens is 2. The van der Waals surface area contributed by atoms with Crippen LogP contribution in [0.25, 0.3) is 0 Å². The second-order valence-corrected chi connectivity index (χ2v) is 6.26. The minimum absolute atomic E-state index is 0.00220. The van der Waals surface area contributed by atoms with Crippen molar-refractivity contribution in [2.45, 2.75) is 23.9 Å². The molecular formula is C19H16F2N2O6. The van der Waals surface area contributed by atoms with Gasteiger partial charge in [-0.1, -0.05) is 24.8 Å². The predicted molar refractivity (Wildman–Crippen MR) is 95.6 cm³/mol. The fourth-order valence-corrected chi connectivity index (χ4v) is 3.03. The van der Waals surface area contributed by atoms with Crippen molar-refractivity contribution in [3.8, 4) is 0 Å². The van der Waals surface area contributed by atoms with Gasteiger partial charge in [-0.3, -0.25) is 14.3 Å². The number of rotatable bonds is 5. The Morgan fingerprint density at radius 2 is 2.03 bits per heavy atom. The van der Waals surface area contributed by atoms with E-state index >= 15 is 8.78 Å². The normalized spacial score (nSPS) is 28.5. The largest absolute Gasteiger partial charge is 0.449 e. The Morgan fingerprint density at radius 1 is 1.34 bits per heavy atom. The van der Waals surface area contributed by atoms with Gasteiger partial charge in [0.1, 0.15) is 6.61 Å². The molecule has 1 aliphatic rings. The quantitative estimate of drug-likeness (QED) is 0.566. The highest BCUT2D eigenvalue weighted by atomic mass is 19.2. The number of ether oxygens (including phenoxy) is 2. The minimum Gasteiger partial charge on any atom is -0.449 e. The highest BCUT2D eigenvalue weighted by Gasteiger charge is 2.68.